The summed E-state index contributed by atoms with van der Waals surface area (Å²) >= 11 is 1.58. The van der Waals surface area contributed by atoms with E-state index in [1.54, 1.807) is 11.3 Å². The van der Waals surface area contributed by atoms with Gasteiger partial charge in [0.1, 0.15) is 17.6 Å². The number of anilines is 1. The van der Waals surface area contributed by atoms with Gasteiger partial charge < -0.3 is 10.2 Å². The number of amides is 1. The second-order valence-corrected chi connectivity index (χ2v) is 7.48. The Hall–Kier alpha value is -2.16. The first-order valence-electron chi connectivity index (χ1n) is 8.37. The first kappa shape index (κ1) is 16.7. The Bertz CT molecular complexity index is 761. The summed E-state index contributed by atoms with van der Waals surface area (Å²) in [5.41, 5.74) is 3.06. The molecule has 1 aliphatic carbocycles. The van der Waals surface area contributed by atoms with Gasteiger partial charge in [-0.2, -0.15) is 5.26 Å². The summed E-state index contributed by atoms with van der Waals surface area (Å²) in [6.45, 7) is 1.20. The SMILES string of the molecule is C[NH+](CC(=O)Nc1sc2c(c1C#N)CCCC2)Cc1ccccc1. The molecule has 0 bridgehead atoms. The van der Waals surface area contributed by atoms with Crippen LogP contribution in [-0.2, 0) is 24.2 Å². The molecule has 1 aliphatic rings. The van der Waals surface area contributed by atoms with Crippen molar-refractivity contribution in [3.05, 3.63) is 51.9 Å². The molecule has 2 N–H and O–H groups in total. The Morgan fingerprint density at radius 2 is 2.04 bits per heavy atom. The van der Waals surface area contributed by atoms with E-state index in [9.17, 15) is 10.1 Å². The smallest absolute Gasteiger partial charge is 0.280 e. The molecule has 1 unspecified atom stereocenters. The molecule has 0 saturated heterocycles. The summed E-state index contributed by atoms with van der Waals surface area (Å²) < 4.78 is 0. The largest absolute Gasteiger partial charge is 0.326 e. The summed E-state index contributed by atoms with van der Waals surface area (Å²) in [7, 11) is 2.01. The second-order valence-electron chi connectivity index (χ2n) is 6.37. The molecule has 3 rings (SSSR count). The van der Waals surface area contributed by atoms with Crippen molar-refractivity contribution in [3.63, 3.8) is 0 Å². The molecule has 4 nitrogen and oxygen atoms in total. The number of hydrogen-bond acceptors (Lipinski definition) is 3. The summed E-state index contributed by atoms with van der Waals surface area (Å²) in [5.74, 6) is -0.0291. The number of quaternary nitrogens is 1. The average Bonchev–Trinajstić information content (AvgIpc) is 2.92. The predicted molar refractivity (Wildman–Crippen MR) is 96.2 cm³/mol. The maximum atomic E-state index is 12.4. The van der Waals surface area contributed by atoms with Crippen molar-refractivity contribution in [2.24, 2.45) is 0 Å². The number of benzene rings is 1. The lowest BCUT2D eigenvalue weighted by molar-refractivity contribution is -0.885. The number of carbonyl (C=O) groups is 1. The van der Waals surface area contributed by atoms with Crippen molar-refractivity contribution in [2.45, 2.75) is 32.2 Å². The molecule has 24 heavy (non-hydrogen) atoms. The molecule has 0 fully saturated rings. The fourth-order valence-electron chi connectivity index (χ4n) is 3.22. The van der Waals surface area contributed by atoms with Crippen LogP contribution < -0.4 is 10.2 Å². The lowest BCUT2D eigenvalue weighted by Crippen LogP contribution is -3.08. The molecule has 0 radical (unpaired) electrons. The lowest BCUT2D eigenvalue weighted by atomic mass is 9.96. The molecule has 1 atom stereocenters. The van der Waals surface area contributed by atoms with Gasteiger partial charge in [-0.1, -0.05) is 30.3 Å². The van der Waals surface area contributed by atoms with E-state index < -0.39 is 0 Å². The number of nitrogens with zero attached hydrogens (tertiary/aromatic N) is 1. The third kappa shape index (κ3) is 3.84. The fourth-order valence-corrected chi connectivity index (χ4v) is 4.48. The molecule has 1 amide bonds. The number of rotatable bonds is 5. The van der Waals surface area contributed by atoms with Crippen LogP contribution in [0.3, 0.4) is 0 Å². The summed E-state index contributed by atoms with van der Waals surface area (Å²) in [6.07, 6.45) is 4.30. The Kier molecular flexibility index (Phi) is 5.29. The number of aryl methyl sites for hydroxylation is 1. The Balaban J connectivity index is 1.63. The summed E-state index contributed by atoms with van der Waals surface area (Å²) in [5, 5.41) is 13.2. The van der Waals surface area contributed by atoms with Gasteiger partial charge in [0.2, 0.25) is 0 Å². The van der Waals surface area contributed by atoms with Gasteiger partial charge in [0.25, 0.3) is 5.91 Å². The van der Waals surface area contributed by atoms with Crippen molar-refractivity contribution < 1.29 is 9.69 Å². The van der Waals surface area contributed by atoms with Crippen LogP contribution >= 0.6 is 11.3 Å². The third-order valence-corrected chi connectivity index (χ3v) is 5.55. The van der Waals surface area contributed by atoms with Gasteiger partial charge in [0.15, 0.2) is 6.54 Å². The highest BCUT2D eigenvalue weighted by Crippen LogP contribution is 2.37. The molecule has 0 spiro atoms. The molecule has 1 aromatic carbocycles. The van der Waals surface area contributed by atoms with Crippen LogP contribution in [0, 0.1) is 11.3 Å². The van der Waals surface area contributed by atoms with Gasteiger partial charge in [-0.15, -0.1) is 11.3 Å². The van der Waals surface area contributed by atoms with E-state index >= 15 is 0 Å². The molecule has 2 aromatic rings. The third-order valence-electron chi connectivity index (χ3n) is 4.35. The molecule has 5 heteroatoms. The Labute approximate surface area is 146 Å². The van der Waals surface area contributed by atoms with Gasteiger partial charge in [0, 0.05) is 10.4 Å². The van der Waals surface area contributed by atoms with Gasteiger partial charge >= 0.3 is 0 Å². The second kappa shape index (κ2) is 7.61. The van der Waals surface area contributed by atoms with Crippen LogP contribution in [0.15, 0.2) is 30.3 Å². The van der Waals surface area contributed by atoms with E-state index in [1.165, 1.54) is 16.9 Å². The van der Waals surface area contributed by atoms with Crippen LogP contribution in [0.1, 0.15) is 34.4 Å². The standard InChI is InChI=1S/C19H21N3OS/c1-22(12-14-7-3-2-4-8-14)13-18(23)21-19-16(11-20)15-9-5-6-10-17(15)24-19/h2-4,7-8H,5-6,9-10,12-13H2,1H3,(H,21,23)/p+1. The van der Waals surface area contributed by atoms with Crippen LogP contribution in [0.4, 0.5) is 5.00 Å². The topological polar surface area (TPSA) is 57.3 Å². The number of thiophene rings is 1. The zero-order valence-electron chi connectivity index (χ0n) is 13.9. The minimum absolute atomic E-state index is 0.0291. The Morgan fingerprint density at radius 3 is 2.79 bits per heavy atom. The number of carbonyl (C=O) groups excluding carboxylic acids is 1. The van der Waals surface area contributed by atoms with Crippen molar-refractivity contribution >= 4 is 22.2 Å². The van der Waals surface area contributed by atoms with E-state index in [4.69, 9.17) is 0 Å². The number of hydrogen-bond donors (Lipinski definition) is 2. The molecule has 1 aromatic heterocycles. The lowest BCUT2D eigenvalue weighted by Gasteiger charge is -2.13. The normalized spacial score (nSPS) is 14.5. The van der Waals surface area contributed by atoms with Crippen LogP contribution in [-0.4, -0.2) is 19.5 Å². The van der Waals surface area contributed by atoms with Gasteiger partial charge in [-0.3, -0.25) is 4.79 Å². The molecule has 124 valence electrons. The van der Waals surface area contributed by atoms with E-state index in [-0.39, 0.29) is 5.91 Å². The summed E-state index contributed by atoms with van der Waals surface area (Å²) in [6, 6.07) is 12.5. The number of fused-ring (bicyclic) bond motifs is 1. The molecular formula is C19H22N3OS+. The van der Waals surface area contributed by atoms with Gasteiger partial charge in [-0.05, 0) is 31.2 Å². The molecule has 0 aliphatic heterocycles. The number of nitrogens with one attached hydrogen (secondary N) is 2. The van der Waals surface area contributed by atoms with E-state index in [1.807, 2.05) is 25.2 Å². The minimum Gasteiger partial charge on any atom is -0.326 e. The van der Waals surface area contributed by atoms with Crippen LogP contribution in [0.2, 0.25) is 0 Å². The Morgan fingerprint density at radius 1 is 1.29 bits per heavy atom. The van der Waals surface area contributed by atoms with Crippen molar-refractivity contribution in [2.75, 3.05) is 18.9 Å². The first-order valence-corrected chi connectivity index (χ1v) is 9.18. The minimum atomic E-state index is -0.0291. The quantitative estimate of drug-likeness (QED) is 0.876. The van der Waals surface area contributed by atoms with Crippen molar-refractivity contribution in [1.29, 1.82) is 5.26 Å². The van der Waals surface area contributed by atoms with Crippen LogP contribution in [0.5, 0.6) is 0 Å². The molecule has 1 heterocycles. The van der Waals surface area contributed by atoms with Crippen molar-refractivity contribution in [1.82, 2.24) is 0 Å². The first-order chi connectivity index (χ1) is 11.7. The highest BCUT2D eigenvalue weighted by molar-refractivity contribution is 7.16. The fraction of sp³-hybridized carbons (Fsp3) is 0.368. The van der Waals surface area contributed by atoms with Gasteiger partial charge in [0.05, 0.1) is 12.6 Å². The average molecular weight is 340 g/mol. The zero-order valence-corrected chi connectivity index (χ0v) is 14.7. The van der Waals surface area contributed by atoms with Crippen LogP contribution in [0.25, 0.3) is 0 Å². The number of nitriles is 1. The maximum absolute atomic E-state index is 12.4. The van der Waals surface area contributed by atoms with Crippen molar-refractivity contribution in [3.8, 4) is 6.07 Å². The van der Waals surface area contributed by atoms with E-state index in [0.717, 1.165) is 41.3 Å². The van der Waals surface area contributed by atoms with Gasteiger partial charge in [-0.25, -0.2) is 0 Å². The van der Waals surface area contributed by atoms with E-state index in [0.29, 0.717) is 12.1 Å². The summed E-state index contributed by atoms with van der Waals surface area (Å²) in [4.78, 5) is 14.8. The zero-order chi connectivity index (χ0) is 16.9. The maximum Gasteiger partial charge on any atom is 0.280 e. The monoisotopic (exact) mass is 340 g/mol. The number of likely N-dealkylation sites (N-methyl/N-ethyl adjacent to an activating group) is 1. The highest BCUT2D eigenvalue weighted by Gasteiger charge is 2.22. The predicted octanol–water partition coefficient (Wildman–Crippen LogP) is 2.15. The van der Waals surface area contributed by atoms with E-state index in [2.05, 4.69) is 23.5 Å². The molecule has 0 saturated carbocycles. The molecular weight excluding hydrogens is 318 g/mol. The highest BCUT2D eigenvalue weighted by atomic mass is 32.1.